The average molecular weight is 640 g/mol. The van der Waals surface area contributed by atoms with Gasteiger partial charge in [0.2, 0.25) is 0 Å². The van der Waals surface area contributed by atoms with Gasteiger partial charge in [-0.1, -0.05) is 11.6 Å². The first-order valence-electron chi connectivity index (χ1n) is 15.9. The van der Waals surface area contributed by atoms with E-state index in [2.05, 4.69) is 25.0 Å². The Hall–Kier alpha value is -3.19. The molecule has 0 saturated carbocycles. The summed E-state index contributed by atoms with van der Waals surface area (Å²) in [6.07, 6.45) is 6.95. The van der Waals surface area contributed by atoms with Crippen molar-refractivity contribution in [1.82, 2.24) is 30.0 Å². The van der Waals surface area contributed by atoms with Crippen molar-refractivity contribution < 1.29 is 23.0 Å². The highest BCUT2D eigenvalue weighted by Gasteiger charge is 2.49. The lowest BCUT2D eigenvalue weighted by molar-refractivity contribution is 0.0536. The lowest BCUT2D eigenvalue weighted by Gasteiger charge is -2.31. The van der Waals surface area contributed by atoms with Crippen LogP contribution in [0.25, 0.3) is 33.1 Å². The van der Waals surface area contributed by atoms with E-state index in [0.717, 1.165) is 43.2 Å². The van der Waals surface area contributed by atoms with Crippen LogP contribution in [-0.4, -0.2) is 101 Å². The number of ether oxygens (including phenoxy) is 3. The van der Waals surface area contributed by atoms with Crippen molar-refractivity contribution in [2.45, 2.75) is 50.2 Å². The number of fused-ring (bicyclic) bond motifs is 8. The number of pyridine rings is 1. The zero-order valence-electron chi connectivity index (χ0n) is 25.0. The minimum Gasteiger partial charge on any atom is -0.461 e. The van der Waals surface area contributed by atoms with E-state index in [0.29, 0.717) is 86.2 Å². The molecule has 4 aromatic rings. The number of hydrogen-bond acceptors (Lipinski definition) is 9. The fourth-order valence-electron chi connectivity index (χ4n) is 7.69. The summed E-state index contributed by atoms with van der Waals surface area (Å²) >= 11 is 6.82. The van der Waals surface area contributed by atoms with Crippen molar-refractivity contribution in [3.63, 3.8) is 0 Å². The lowest BCUT2D eigenvalue weighted by Crippen LogP contribution is -2.43. The van der Waals surface area contributed by atoms with Gasteiger partial charge in [-0.25, -0.2) is 8.78 Å². The summed E-state index contributed by atoms with van der Waals surface area (Å²) in [4.78, 5) is 18.5. The van der Waals surface area contributed by atoms with E-state index in [-0.39, 0.29) is 29.7 Å². The smallest absolute Gasteiger partial charge is 0.319 e. The standard InChI is InChI=1S/C32H36ClF2N7O3/c33-24-10-25-22(13-37-40-25)26-21(24)4-1-2-8-43-16-19-14-41(7-9-44-17-19)30-23-12-36-29(26)27(35)28(23)38-31(39-30)45-18-32-5-3-6-42(32)15-20(34)11-32/h10,12-13,19-20H,1-9,11,14-18H2,(H,37,40)/t19-,20+,32-/m0/s1. The van der Waals surface area contributed by atoms with Gasteiger partial charge in [0.15, 0.2) is 5.82 Å². The predicted molar refractivity (Wildman–Crippen MR) is 166 cm³/mol. The molecule has 3 aromatic heterocycles. The van der Waals surface area contributed by atoms with Crippen LogP contribution in [0.15, 0.2) is 18.5 Å². The Morgan fingerprint density at radius 1 is 1.07 bits per heavy atom. The first kappa shape index (κ1) is 29.2. The fourth-order valence-corrected chi connectivity index (χ4v) is 7.99. The molecule has 3 atom stereocenters. The van der Waals surface area contributed by atoms with Crippen molar-refractivity contribution in [3.8, 4) is 17.3 Å². The predicted octanol–water partition coefficient (Wildman–Crippen LogP) is 5.12. The Morgan fingerprint density at radius 3 is 2.87 bits per heavy atom. The molecule has 10 nitrogen and oxygen atoms in total. The second-order valence-electron chi connectivity index (χ2n) is 12.8. The van der Waals surface area contributed by atoms with Gasteiger partial charge in [0.25, 0.3) is 0 Å². The molecule has 0 aliphatic carbocycles. The SMILES string of the molecule is Fc1c2ncc3c(nc(OC[C@@]45CCCN4C[C@H](F)C5)nc13)N1CCOC[C@H](COCCCCc3c(Cl)cc4[nH]ncc4c3-2)C1. The number of anilines is 1. The van der Waals surface area contributed by atoms with Crippen LogP contribution < -0.4 is 9.64 Å². The monoisotopic (exact) mass is 639 g/mol. The molecular weight excluding hydrogens is 604 g/mol. The highest BCUT2D eigenvalue weighted by atomic mass is 35.5. The van der Waals surface area contributed by atoms with Gasteiger partial charge in [0, 0.05) is 60.7 Å². The minimum atomic E-state index is -0.886. The summed E-state index contributed by atoms with van der Waals surface area (Å²) in [6, 6.07) is 1.90. The maximum atomic E-state index is 17.0. The topological polar surface area (TPSA) is 102 Å². The zero-order valence-corrected chi connectivity index (χ0v) is 25.8. The van der Waals surface area contributed by atoms with Gasteiger partial charge in [-0.05, 0) is 50.3 Å². The highest BCUT2D eigenvalue weighted by Crippen LogP contribution is 2.42. The van der Waals surface area contributed by atoms with Crippen molar-refractivity contribution in [1.29, 1.82) is 0 Å². The van der Waals surface area contributed by atoms with E-state index in [4.69, 9.17) is 35.8 Å². The number of benzene rings is 1. The largest absolute Gasteiger partial charge is 0.461 e. The minimum absolute atomic E-state index is 0.0657. The van der Waals surface area contributed by atoms with Crippen molar-refractivity contribution >= 4 is 39.2 Å². The van der Waals surface area contributed by atoms with Crippen LogP contribution in [0, 0.1) is 11.7 Å². The second-order valence-corrected chi connectivity index (χ2v) is 13.2. The van der Waals surface area contributed by atoms with Gasteiger partial charge in [0.05, 0.1) is 42.5 Å². The summed E-state index contributed by atoms with van der Waals surface area (Å²) in [6.45, 7) is 4.87. The maximum Gasteiger partial charge on any atom is 0.319 e. The van der Waals surface area contributed by atoms with E-state index < -0.39 is 17.5 Å². The molecule has 13 heteroatoms. The molecule has 0 unspecified atom stereocenters. The normalized spacial score (nSPS) is 26.1. The van der Waals surface area contributed by atoms with Crippen molar-refractivity contribution in [2.75, 3.05) is 64.1 Å². The summed E-state index contributed by atoms with van der Waals surface area (Å²) in [5, 5.41) is 8.93. The van der Waals surface area contributed by atoms with Crippen molar-refractivity contribution in [2.24, 2.45) is 5.92 Å². The van der Waals surface area contributed by atoms with Gasteiger partial charge in [-0.15, -0.1) is 0 Å². The molecule has 9 rings (SSSR count). The Bertz CT molecular complexity index is 1740. The molecular formula is C32H36ClF2N7O3. The molecule has 5 aliphatic heterocycles. The molecule has 45 heavy (non-hydrogen) atoms. The Balaban J connectivity index is 1.29. The molecule has 1 aromatic carbocycles. The van der Waals surface area contributed by atoms with Crippen LogP contribution in [0.5, 0.6) is 6.01 Å². The van der Waals surface area contributed by atoms with E-state index in [1.807, 2.05) is 6.07 Å². The number of H-pyrrole nitrogens is 1. The van der Waals surface area contributed by atoms with Crippen LogP contribution in [0.2, 0.25) is 5.02 Å². The van der Waals surface area contributed by atoms with Crippen LogP contribution >= 0.6 is 11.6 Å². The van der Waals surface area contributed by atoms with Crippen molar-refractivity contribution in [3.05, 3.63) is 34.9 Å². The molecule has 0 radical (unpaired) electrons. The first-order valence-corrected chi connectivity index (χ1v) is 16.3. The molecule has 0 spiro atoms. The number of aromatic amines is 1. The molecule has 3 saturated heterocycles. The summed E-state index contributed by atoms with van der Waals surface area (Å²) in [5.41, 5.74) is 1.98. The maximum absolute atomic E-state index is 17.0. The van der Waals surface area contributed by atoms with E-state index in [9.17, 15) is 4.39 Å². The van der Waals surface area contributed by atoms with Gasteiger partial charge in [0.1, 0.15) is 29.8 Å². The van der Waals surface area contributed by atoms with Gasteiger partial charge in [-0.2, -0.15) is 15.1 Å². The molecule has 0 amide bonds. The van der Waals surface area contributed by atoms with Gasteiger partial charge < -0.3 is 19.1 Å². The number of nitrogens with one attached hydrogen (secondary N) is 1. The van der Waals surface area contributed by atoms with Crippen LogP contribution in [-0.2, 0) is 15.9 Å². The van der Waals surface area contributed by atoms with Crippen LogP contribution in [0.1, 0.15) is 37.7 Å². The third kappa shape index (κ3) is 5.29. The summed E-state index contributed by atoms with van der Waals surface area (Å²) < 4.78 is 49.8. The molecule has 6 bridgehead atoms. The summed E-state index contributed by atoms with van der Waals surface area (Å²) in [5.74, 6) is 0.0589. The number of rotatable bonds is 3. The summed E-state index contributed by atoms with van der Waals surface area (Å²) in [7, 11) is 0. The van der Waals surface area contributed by atoms with E-state index >= 15 is 4.39 Å². The number of halogens is 3. The molecule has 5 aliphatic rings. The van der Waals surface area contributed by atoms with Gasteiger partial charge in [-0.3, -0.25) is 15.0 Å². The van der Waals surface area contributed by atoms with E-state index in [1.165, 1.54) is 0 Å². The Kier molecular flexibility index (Phi) is 7.71. The van der Waals surface area contributed by atoms with Crippen LogP contribution in [0.4, 0.5) is 14.6 Å². The quantitative estimate of drug-likeness (QED) is 0.327. The Morgan fingerprint density at radius 2 is 1.96 bits per heavy atom. The second kappa shape index (κ2) is 11.9. The third-order valence-corrected chi connectivity index (χ3v) is 10.2. The molecule has 3 fully saturated rings. The number of hydrogen-bond donors (Lipinski definition) is 1. The van der Waals surface area contributed by atoms with Crippen LogP contribution in [0.3, 0.4) is 0 Å². The Labute approximate surface area is 264 Å². The molecule has 8 heterocycles. The molecule has 238 valence electrons. The van der Waals surface area contributed by atoms with E-state index in [1.54, 1.807) is 12.4 Å². The van der Waals surface area contributed by atoms with Gasteiger partial charge >= 0.3 is 6.01 Å². The highest BCUT2D eigenvalue weighted by molar-refractivity contribution is 6.33. The average Bonchev–Trinajstić information content (AvgIpc) is 3.67. The third-order valence-electron chi connectivity index (χ3n) is 9.87. The lowest BCUT2D eigenvalue weighted by atomic mass is 9.95. The first-order chi connectivity index (χ1) is 22.0. The zero-order chi connectivity index (χ0) is 30.5. The number of nitrogens with zero attached hydrogens (tertiary/aromatic N) is 6. The fraction of sp³-hybridized carbons (Fsp3) is 0.562. The number of alkyl halides is 1. The molecule has 1 N–H and O–H groups in total. The number of aromatic nitrogens is 5.